The summed E-state index contributed by atoms with van der Waals surface area (Å²) in [4.78, 5) is 38.6. The number of hydrogen-bond donors (Lipinski definition) is 1. The van der Waals surface area contributed by atoms with E-state index in [4.69, 9.17) is 0 Å². The number of likely N-dealkylation sites (tertiary alicyclic amines) is 1. The second kappa shape index (κ2) is 10.5. The average Bonchev–Trinajstić information content (AvgIpc) is 3.41. The predicted molar refractivity (Wildman–Crippen MR) is 153 cm³/mol. The Kier molecular flexibility index (Phi) is 6.66. The van der Waals surface area contributed by atoms with Crippen LogP contribution in [0.25, 0.3) is 17.2 Å². The number of aromatic nitrogens is 6. The maximum atomic E-state index is 15.6. The second-order valence-electron chi connectivity index (χ2n) is 11.9. The van der Waals surface area contributed by atoms with Gasteiger partial charge in [-0.25, -0.2) is 27.9 Å². The zero-order valence-corrected chi connectivity index (χ0v) is 24.2. The molecule has 1 saturated carbocycles. The average molecular weight is 606 g/mol. The maximum absolute atomic E-state index is 15.6. The van der Waals surface area contributed by atoms with Gasteiger partial charge in [0.2, 0.25) is 0 Å². The van der Waals surface area contributed by atoms with Crippen LogP contribution in [0.3, 0.4) is 0 Å². The van der Waals surface area contributed by atoms with Crippen LogP contribution in [0.2, 0.25) is 0 Å². The highest BCUT2D eigenvalue weighted by Crippen LogP contribution is 2.43. The van der Waals surface area contributed by atoms with Crippen molar-refractivity contribution in [3.63, 3.8) is 0 Å². The molecule has 0 spiro atoms. The van der Waals surface area contributed by atoms with Crippen LogP contribution in [0.1, 0.15) is 72.4 Å². The number of hydrogen-bond acceptors (Lipinski definition) is 6. The summed E-state index contributed by atoms with van der Waals surface area (Å²) in [6.45, 7) is 3.38. The molecule has 7 rings (SSSR count). The van der Waals surface area contributed by atoms with Crippen LogP contribution in [0, 0.1) is 5.82 Å². The highest BCUT2D eigenvalue weighted by atomic mass is 19.3. The van der Waals surface area contributed by atoms with Crippen LogP contribution in [0.4, 0.5) is 23.8 Å². The summed E-state index contributed by atoms with van der Waals surface area (Å²) < 4.78 is 47.2. The number of pyridine rings is 1. The van der Waals surface area contributed by atoms with Gasteiger partial charge in [-0.05, 0) is 56.5 Å². The molecule has 1 saturated heterocycles. The Morgan fingerprint density at radius 3 is 2.64 bits per heavy atom. The molecule has 2 aliphatic heterocycles. The van der Waals surface area contributed by atoms with Crippen molar-refractivity contribution in [2.75, 3.05) is 18.4 Å². The number of urea groups is 1. The number of carbonyl (C=O) groups excluding carboxylic acids is 2. The molecular formula is C30H30F3N9O2. The van der Waals surface area contributed by atoms with Gasteiger partial charge in [0.05, 0.1) is 48.6 Å². The number of halogens is 3. The van der Waals surface area contributed by atoms with E-state index >= 15 is 4.39 Å². The van der Waals surface area contributed by atoms with E-state index in [2.05, 4.69) is 25.5 Å². The highest BCUT2D eigenvalue weighted by Gasteiger charge is 2.42. The highest BCUT2D eigenvalue weighted by molar-refractivity contribution is 6.04. The van der Waals surface area contributed by atoms with Gasteiger partial charge < -0.3 is 24.3 Å². The number of fused-ring (bicyclic) bond motifs is 3. The van der Waals surface area contributed by atoms with E-state index in [9.17, 15) is 18.4 Å². The van der Waals surface area contributed by atoms with Crippen molar-refractivity contribution in [2.45, 2.75) is 64.1 Å². The van der Waals surface area contributed by atoms with Gasteiger partial charge in [0.25, 0.3) is 11.8 Å². The van der Waals surface area contributed by atoms with Crippen molar-refractivity contribution in [3.05, 3.63) is 71.3 Å². The van der Waals surface area contributed by atoms with Crippen molar-refractivity contribution in [1.82, 2.24) is 39.1 Å². The third kappa shape index (κ3) is 5.07. The summed E-state index contributed by atoms with van der Waals surface area (Å²) in [6.07, 6.45) is 4.75. The molecule has 3 aromatic heterocycles. The number of rotatable bonds is 5. The van der Waals surface area contributed by atoms with Crippen molar-refractivity contribution in [1.29, 1.82) is 0 Å². The lowest BCUT2D eigenvalue weighted by atomic mass is 10.1. The minimum Gasteiger partial charge on any atom is -0.318 e. The van der Waals surface area contributed by atoms with E-state index in [-0.39, 0.29) is 43.0 Å². The maximum Gasteiger partial charge on any atom is 0.320 e. The third-order valence-electron chi connectivity index (χ3n) is 8.30. The van der Waals surface area contributed by atoms with Gasteiger partial charge >= 0.3 is 6.03 Å². The Balaban J connectivity index is 1.21. The molecule has 44 heavy (non-hydrogen) atoms. The standard InChI is InChI=1S/C30H30F3N9O2/c1-17(2)41-16-35-38-27(41)22-4-3-5-25(36-22)37-28(43)20-11-23-19(10-21(20)31)12-40(29(44)39-9-8-30(32,33)14-39)13-24-26(18-6-7-18)34-15-42(23)24/h3-5,10-11,15-18H,6-9,12-14H2,1-2H3,(H,36,37,43). The second-order valence-corrected chi connectivity index (χ2v) is 11.9. The van der Waals surface area contributed by atoms with Gasteiger partial charge in [-0.2, -0.15) is 0 Å². The lowest BCUT2D eigenvalue weighted by Crippen LogP contribution is -2.42. The molecule has 0 atom stereocenters. The lowest BCUT2D eigenvalue weighted by Gasteiger charge is -2.27. The molecule has 0 unspecified atom stereocenters. The molecule has 0 bridgehead atoms. The summed E-state index contributed by atoms with van der Waals surface area (Å²) in [5.74, 6) is -3.45. The number of anilines is 1. The molecule has 1 aromatic carbocycles. The molecule has 2 fully saturated rings. The smallest absolute Gasteiger partial charge is 0.318 e. The SMILES string of the molecule is CC(C)n1cnnc1-c1cccc(NC(=O)c2cc3c(cc2F)CN(C(=O)N2CCC(F)(F)C2)Cc2c(C4CC4)ncn2-3)n1. The zero-order valence-electron chi connectivity index (χ0n) is 24.2. The third-order valence-corrected chi connectivity index (χ3v) is 8.30. The minimum absolute atomic E-state index is 0.0129. The number of nitrogens with one attached hydrogen (secondary N) is 1. The topological polar surface area (TPSA) is 114 Å². The van der Waals surface area contributed by atoms with E-state index in [0.29, 0.717) is 22.8 Å². The van der Waals surface area contributed by atoms with E-state index in [0.717, 1.165) is 29.1 Å². The monoisotopic (exact) mass is 605 g/mol. The lowest BCUT2D eigenvalue weighted by molar-refractivity contribution is 0.0136. The van der Waals surface area contributed by atoms with E-state index in [1.54, 1.807) is 35.4 Å². The van der Waals surface area contributed by atoms with Crippen LogP contribution in [-0.4, -0.2) is 70.0 Å². The number of benzene rings is 1. The van der Waals surface area contributed by atoms with Crippen LogP contribution >= 0.6 is 0 Å². The van der Waals surface area contributed by atoms with Crippen molar-refractivity contribution in [3.8, 4) is 17.2 Å². The predicted octanol–water partition coefficient (Wildman–Crippen LogP) is 5.15. The molecule has 3 aliphatic rings. The number of carbonyl (C=O) groups is 2. The molecule has 11 nitrogen and oxygen atoms in total. The molecule has 1 N–H and O–H groups in total. The largest absolute Gasteiger partial charge is 0.320 e. The Bertz CT molecular complexity index is 1780. The van der Waals surface area contributed by atoms with Crippen LogP contribution < -0.4 is 5.32 Å². The normalized spacial score (nSPS) is 17.4. The number of imidazole rings is 1. The van der Waals surface area contributed by atoms with Gasteiger partial charge in [-0.1, -0.05) is 6.07 Å². The first kappa shape index (κ1) is 28.0. The molecule has 0 radical (unpaired) electrons. The summed E-state index contributed by atoms with van der Waals surface area (Å²) in [5, 5.41) is 10.8. The Morgan fingerprint density at radius 1 is 1.09 bits per heavy atom. The fourth-order valence-corrected chi connectivity index (χ4v) is 5.87. The number of nitrogens with zero attached hydrogens (tertiary/aromatic N) is 8. The van der Waals surface area contributed by atoms with Gasteiger partial charge in [-0.3, -0.25) is 4.79 Å². The van der Waals surface area contributed by atoms with Crippen molar-refractivity contribution < 1.29 is 22.8 Å². The Hall–Kier alpha value is -4.75. The van der Waals surface area contributed by atoms with E-state index in [1.807, 2.05) is 18.4 Å². The molecule has 5 heterocycles. The van der Waals surface area contributed by atoms with E-state index in [1.165, 1.54) is 17.0 Å². The van der Waals surface area contributed by atoms with Crippen LogP contribution in [0.15, 0.2) is 43.0 Å². The summed E-state index contributed by atoms with van der Waals surface area (Å²) >= 11 is 0. The zero-order chi connectivity index (χ0) is 30.7. The number of amides is 3. The van der Waals surface area contributed by atoms with Gasteiger partial charge in [0, 0.05) is 24.9 Å². The van der Waals surface area contributed by atoms with E-state index < -0.39 is 36.6 Å². The Morgan fingerprint density at radius 2 is 1.91 bits per heavy atom. The Labute approximate surface area is 250 Å². The molecule has 228 valence electrons. The molecule has 3 amide bonds. The quantitative estimate of drug-likeness (QED) is 0.337. The fraction of sp³-hybridized carbons (Fsp3) is 0.400. The first-order valence-electron chi connectivity index (χ1n) is 14.6. The van der Waals surface area contributed by atoms with Crippen LogP contribution in [0.5, 0.6) is 0 Å². The number of alkyl halides is 2. The van der Waals surface area contributed by atoms with Crippen molar-refractivity contribution >= 4 is 17.8 Å². The minimum atomic E-state index is -2.94. The first-order chi connectivity index (χ1) is 21.1. The van der Waals surface area contributed by atoms with Gasteiger partial charge in [0.1, 0.15) is 23.7 Å². The van der Waals surface area contributed by atoms with Crippen molar-refractivity contribution in [2.24, 2.45) is 0 Å². The molecule has 14 heteroatoms. The van der Waals surface area contributed by atoms with Gasteiger partial charge in [0.15, 0.2) is 5.82 Å². The summed E-state index contributed by atoms with van der Waals surface area (Å²) in [6, 6.07) is 7.28. The molecular weight excluding hydrogens is 575 g/mol. The molecule has 1 aliphatic carbocycles. The fourth-order valence-electron chi connectivity index (χ4n) is 5.87. The summed E-state index contributed by atoms with van der Waals surface area (Å²) in [5.41, 5.74) is 2.77. The van der Waals surface area contributed by atoms with Gasteiger partial charge in [-0.15, -0.1) is 10.2 Å². The molecule has 4 aromatic rings. The summed E-state index contributed by atoms with van der Waals surface area (Å²) in [7, 11) is 0. The van der Waals surface area contributed by atoms with Crippen LogP contribution in [-0.2, 0) is 13.1 Å². The first-order valence-corrected chi connectivity index (χ1v) is 14.6.